The highest BCUT2D eigenvalue weighted by atomic mass is 16.7. The highest BCUT2D eigenvalue weighted by Crippen LogP contribution is 2.37. The maximum Gasteiger partial charge on any atom is 0.486 e. The maximum atomic E-state index is 6.00. The Morgan fingerprint density at radius 2 is 1.32 bits per heavy atom. The van der Waals surface area contributed by atoms with Gasteiger partial charge in [-0.05, 0) is 46.5 Å². The minimum Gasteiger partial charge on any atom is -0.400 e. The maximum absolute atomic E-state index is 6.00. The molecule has 2 rings (SSSR count). The molecule has 0 radical (unpaired) electrons. The fourth-order valence-electron chi connectivity index (χ4n) is 2.90. The third-order valence-corrected chi connectivity index (χ3v) is 4.96. The molecule has 0 aromatic rings. The molecule has 19 heavy (non-hydrogen) atoms. The topological polar surface area (TPSA) is 18.5 Å². The molecule has 2 fully saturated rings. The lowest BCUT2D eigenvalue weighted by molar-refractivity contribution is 0.00578. The molecule has 0 aromatic heterocycles. The standard InChI is InChI=1S/C16H29BO2/c1-15(2)16(3,4)19-17(18-15)13-12-14-10-8-6-5-7-9-11-14/h12-14H,5-11H2,1-4H3/b13-12+. The zero-order valence-corrected chi connectivity index (χ0v) is 13.1. The molecule has 0 unspecified atom stereocenters. The summed E-state index contributed by atoms with van der Waals surface area (Å²) in [4.78, 5) is 0. The van der Waals surface area contributed by atoms with Gasteiger partial charge in [0.2, 0.25) is 0 Å². The minimum absolute atomic E-state index is 0.171. The molecule has 2 nitrogen and oxygen atoms in total. The predicted molar refractivity (Wildman–Crippen MR) is 81.0 cm³/mol. The molecular formula is C16H29BO2. The first-order valence-electron chi connectivity index (χ1n) is 7.95. The van der Waals surface area contributed by atoms with E-state index < -0.39 is 0 Å². The lowest BCUT2D eigenvalue weighted by atomic mass is 9.84. The quantitative estimate of drug-likeness (QED) is 0.682. The summed E-state index contributed by atoms with van der Waals surface area (Å²) in [6.45, 7) is 8.43. The second kappa shape index (κ2) is 6.01. The Bertz CT molecular complexity index is 299. The summed E-state index contributed by atoms with van der Waals surface area (Å²) in [5.41, 5.74) is -0.439. The number of hydrogen-bond acceptors (Lipinski definition) is 2. The Morgan fingerprint density at radius 3 is 1.84 bits per heavy atom. The molecule has 0 spiro atoms. The summed E-state index contributed by atoms with van der Waals surface area (Å²) in [6.07, 6.45) is 12.0. The van der Waals surface area contributed by atoms with Gasteiger partial charge in [-0.2, -0.15) is 0 Å². The Balaban J connectivity index is 1.88. The van der Waals surface area contributed by atoms with Crippen molar-refractivity contribution in [3.05, 3.63) is 12.1 Å². The molecule has 0 aromatic carbocycles. The van der Waals surface area contributed by atoms with Crippen LogP contribution in [0.15, 0.2) is 12.1 Å². The largest absolute Gasteiger partial charge is 0.486 e. The van der Waals surface area contributed by atoms with Gasteiger partial charge in [-0.25, -0.2) is 0 Å². The van der Waals surface area contributed by atoms with E-state index in [0.717, 1.165) is 5.92 Å². The second-order valence-corrected chi connectivity index (χ2v) is 7.11. The predicted octanol–water partition coefficient (Wildman–Crippen LogP) is 4.53. The molecule has 1 heterocycles. The van der Waals surface area contributed by atoms with Gasteiger partial charge in [0.25, 0.3) is 0 Å². The van der Waals surface area contributed by atoms with Crippen molar-refractivity contribution in [1.82, 2.24) is 0 Å². The summed E-state index contributed by atoms with van der Waals surface area (Å²) in [6, 6.07) is 0. The van der Waals surface area contributed by atoms with E-state index >= 15 is 0 Å². The summed E-state index contributed by atoms with van der Waals surface area (Å²) in [5, 5.41) is 0. The normalized spacial score (nSPS) is 28.5. The van der Waals surface area contributed by atoms with Gasteiger partial charge in [0.15, 0.2) is 0 Å². The van der Waals surface area contributed by atoms with Gasteiger partial charge in [0, 0.05) is 0 Å². The van der Waals surface area contributed by atoms with E-state index in [-0.39, 0.29) is 18.3 Å². The van der Waals surface area contributed by atoms with Crippen molar-refractivity contribution < 1.29 is 9.31 Å². The molecule has 2 aliphatic rings. The molecule has 0 amide bonds. The van der Waals surface area contributed by atoms with Crippen LogP contribution in [0.2, 0.25) is 0 Å². The third kappa shape index (κ3) is 3.85. The smallest absolute Gasteiger partial charge is 0.400 e. The number of allylic oxidation sites excluding steroid dienone is 1. The van der Waals surface area contributed by atoms with Gasteiger partial charge in [0.05, 0.1) is 11.2 Å². The molecule has 108 valence electrons. The van der Waals surface area contributed by atoms with Gasteiger partial charge in [-0.15, -0.1) is 0 Å². The van der Waals surface area contributed by atoms with Crippen molar-refractivity contribution >= 4 is 7.12 Å². The third-order valence-electron chi connectivity index (χ3n) is 4.96. The van der Waals surface area contributed by atoms with Crippen LogP contribution in [0.3, 0.4) is 0 Å². The van der Waals surface area contributed by atoms with Crippen LogP contribution < -0.4 is 0 Å². The minimum atomic E-state index is -0.219. The molecule has 1 aliphatic carbocycles. The fourth-order valence-corrected chi connectivity index (χ4v) is 2.90. The molecule has 0 N–H and O–H groups in total. The van der Waals surface area contributed by atoms with Crippen LogP contribution in [0.4, 0.5) is 0 Å². The Labute approximate surface area is 119 Å². The monoisotopic (exact) mass is 264 g/mol. The van der Waals surface area contributed by atoms with E-state index in [1.54, 1.807) is 0 Å². The molecule has 0 atom stereocenters. The molecule has 3 heteroatoms. The van der Waals surface area contributed by atoms with Gasteiger partial charge in [-0.1, -0.05) is 44.2 Å². The Hall–Kier alpha value is -0.275. The molecule has 1 aliphatic heterocycles. The van der Waals surface area contributed by atoms with Crippen LogP contribution in [-0.4, -0.2) is 18.3 Å². The first-order valence-corrected chi connectivity index (χ1v) is 7.95. The highest BCUT2D eigenvalue weighted by molar-refractivity contribution is 6.51. The number of hydrogen-bond donors (Lipinski definition) is 0. The van der Waals surface area contributed by atoms with Crippen molar-refractivity contribution in [2.24, 2.45) is 5.92 Å². The van der Waals surface area contributed by atoms with Crippen molar-refractivity contribution in [2.75, 3.05) is 0 Å². The highest BCUT2D eigenvalue weighted by Gasteiger charge is 2.50. The zero-order chi connectivity index (χ0) is 13.9. The lowest BCUT2D eigenvalue weighted by Crippen LogP contribution is -2.41. The van der Waals surface area contributed by atoms with Crippen molar-refractivity contribution in [2.45, 2.75) is 83.8 Å². The van der Waals surface area contributed by atoms with Crippen LogP contribution in [-0.2, 0) is 9.31 Å². The Kier molecular flexibility index (Phi) is 4.78. The van der Waals surface area contributed by atoms with Crippen LogP contribution in [0, 0.1) is 5.92 Å². The van der Waals surface area contributed by atoms with E-state index in [1.807, 2.05) is 0 Å². The van der Waals surface area contributed by atoms with E-state index in [4.69, 9.17) is 9.31 Å². The first kappa shape index (κ1) is 15.1. The zero-order valence-electron chi connectivity index (χ0n) is 13.1. The average Bonchev–Trinajstić information content (AvgIpc) is 2.46. The van der Waals surface area contributed by atoms with E-state index in [2.05, 4.69) is 39.7 Å². The van der Waals surface area contributed by atoms with Crippen LogP contribution in [0.25, 0.3) is 0 Å². The van der Waals surface area contributed by atoms with Gasteiger partial charge < -0.3 is 9.31 Å². The molecular weight excluding hydrogens is 235 g/mol. The van der Waals surface area contributed by atoms with Gasteiger partial charge in [-0.3, -0.25) is 0 Å². The van der Waals surface area contributed by atoms with Crippen molar-refractivity contribution in [3.8, 4) is 0 Å². The van der Waals surface area contributed by atoms with Crippen molar-refractivity contribution in [1.29, 1.82) is 0 Å². The fraction of sp³-hybridized carbons (Fsp3) is 0.875. The first-order chi connectivity index (χ1) is 8.91. The van der Waals surface area contributed by atoms with Gasteiger partial charge in [0.1, 0.15) is 0 Å². The van der Waals surface area contributed by atoms with Crippen molar-refractivity contribution in [3.63, 3.8) is 0 Å². The van der Waals surface area contributed by atoms with Crippen LogP contribution in [0.5, 0.6) is 0 Å². The average molecular weight is 264 g/mol. The summed E-state index contributed by atoms with van der Waals surface area (Å²) in [5.74, 6) is 2.86. The lowest BCUT2D eigenvalue weighted by Gasteiger charge is -2.32. The van der Waals surface area contributed by atoms with Crippen LogP contribution >= 0.6 is 0 Å². The van der Waals surface area contributed by atoms with E-state index in [0.29, 0.717) is 0 Å². The summed E-state index contributed by atoms with van der Waals surface area (Å²) in [7, 11) is -0.171. The van der Waals surface area contributed by atoms with Crippen LogP contribution in [0.1, 0.15) is 72.6 Å². The van der Waals surface area contributed by atoms with Gasteiger partial charge >= 0.3 is 7.12 Å². The Morgan fingerprint density at radius 1 is 0.842 bits per heavy atom. The SMILES string of the molecule is CC1(C)OB(/C=C/C2CCCCCCC2)OC1(C)C. The van der Waals surface area contributed by atoms with E-state index in [9.17, 15) is 0 Å². The molecule has 1 saturated heterocycles. The second-order valence-electron chi connectivity index (χ2n) is 7.11. The molecule has 0 bridgehead atoms. The number of rotatable bonds is 2. The van der Waals surface area contributed by atoms with E-state index in [1.165, 1.54) is 44.9 Å². The molecule has 1 saturated carbocycles. The summed E-state index contributed by atoms with van der Waals surface area (Å²) >= 11 is 0. The summed E-state index contributed by atoms with van der Waals surface area (Å²) < 4.78 is 12.0.